The first-order chi connectivity index (χ1) is 15.7. The Morgan fingerprint density at radius 1 is 0.750 bits per heavy atom. The van der Waals surface area contributed by atoms with E-state index in [1.807, 2.05) is 24.3 Å². The average Bonchev–Trinajstić information content (AvgIpc) is 2.85. The van der Waals surface area contributed by atoms with Crippen LogP contribution in [0.4, 0.5) is 0 Å². The summed E-state index contributed by atoms with van der Waals surface area (Å²) >= 11 is 0. The lowest BCUT2D eigenvalue weighted by atomic mass is 9.63. The van der Waals surface area contributed by atoms with Crippen molar-refractivity contribution in [1.82, 2.24) is 0 Å². The van der Waals surface area contributed by atoms with Gasteiger partial charge in [-0.1, -0.05) is 69.4 Å². The van der Waals surface area contributed by atoms with Crippen molar-refractivity contribution >= 4 is 0 Å². The normalized spacial score (nSPS) is 24.8. The zero-order valence-corrected chi connectivity index (χ0v) is 20.1. The predicted molar refractivity (Wildman–Crippen MR) is 135 cm³/mol. The van der Waals surface area contributed by atoms with E-state index in [1.165, 1.54) is 76.2 Å². The summed E-state index contributed by atoms with van der Waals surface area (Å²) in [5, 5.41) is 0. The summed E-state index contributed by atoms with van der Waals surface area (Å²) in [6.45, 7) is 2.31. The summed E-state index contributed by atoms with van der Waals surface area (Å²) in [6, 6.07) is 17.0. The van der Waals surface area contributed by atoms with Gasteiger partial charge < -0.3 is 4.74 Å². The number of ether oxygens (including phenoxy) is 1. The highest BCUT2D eigenvalue weighted by atomic mass is 16.5. The number of hydrogen-bond acceptors (Lipinski definition) is 1. The largest absolute Gasteiger partial charge is 0.497 e. The van der Waals surface area contributed by atoms with Gasteiger partial charge >= 0.3 is 0 Å². The Hall–Kier alpha value is -2.20. The van der Waals surface area contributed by atoms with Crippen molar-refractivity contribution in [2.24, 2.45) is 17.8 Å². The second-order valence-corrected chi connectivity index (χ2v) is 10.2. The van der Waals surface area contributed by atoms with Gasteiger partial charge in [-0.2, -0.15) is 0 Å². The third-order valence-corrected chi connectivity index (χ3v) is 8.01. The molecule has 0 N–H and O–H groups in total. The van der Waals surface area contributed by atoms with Crippen molar-refractivity contribution in [2.75, 3.05) is 7.11 Å². The Morgan fingerprint density at radius 2 is 1.41 bits per heavy atom. The molecule has 0 bridgehead atoms. The van der Waals surface area contributed by atoms with Crippen molar-refractivity contribution in [3.63, 3.8) is 0 Å². The Morgan fingerprint density at radius 3 is 2.09 bits per heavy atom. The van der Waals surface area contributed by atoms with E-state index in [1.54, 1.807) is 7.11 Å². The second-order valence-electron chi connectivity index (χ2n) is 10.2. The van der Waals surface area contributed by atoms with E-state index in [9.17, 15) is 0 Å². The fourth-order valence-corrected chi connectivity index (χ4v) is 6.07. The lowest BCUT2D eigenvalue weighted by molar-refractivity contribution is 0.113. The fourth-order valence-electron chi connectivity index (χ4n) is 6.07. The van der Waals surface area contributed by atoms with E-state index < -0.39 is 0 Å². The van der Waals surface area contributed by atoms with Crippen LogP contribution in [0.1, 0.15) is 100 Å². The van der Waals surface area contributed by atoms with Crippen molar-refractivity contribution in [1.29, 1.82) is 0 Å². The highest BCUT2D eigenvalue weighted by Crippen LogP contribution is 2.48. The molecule has 0 aromatic heterocycles. The standard InChI is InChI=1S/C31H40O/c1-3-4-5-6-7-26-12-17-30-23-29(19-18-28(30)22-26)27-15-10-24(11-16-27)8-9-25-13-20-31(32-2)21-14-25/h10-11,13-16,20-21,26,28-30H,3-7,12,17-19,22-23H2,1-2H3. The van der Waals surface area contributed by atoms with E-state index in [0.717, 1.165) is 40.5 Å². The molecule has 0 radical (unpaired) electrons. The molecule has 2 aromatic rings. The molecule has 2 aromatic carbocycles. The third-order valence-electron chi connectivity index (χ3n) is 8.01. The summed E-state index contributed by atoms with van der Waals surface area (Å²) < 4.78 is 5.22. The van der Waals surface area contributed by atoms with Crippen molar-refractivity contribution in [3.8, 4) is 17.6 Å². The molecule has 0 aliphatic heterocycles. The quantitative estimate of drug-likeness (QED) is 0.318. The molecule has 4 rings (SSSR count). The van der Waals surface area contributed by atoms with E-state index in [4.69, 9.17) is 4.74 Å². The average molecular weight is 429 g/mol. The molecular weight excluding hydrogens is 388 g/mol. The number of rotatable bonds is 7. The maximum absolute atomic E-state index is 5.22. The molecule has 2 aliphatic carbocycles. The summed E-state index contributed by atoms with van der Waals surface area (Å²) in [5.74, 6) is 11.2. The van der Waals surface area contributed by atoms with Gasteiger partial charge in [-0.15, -0.1) is 0 Å². The van der Waals surface area contributed by atoms with Gasteiger partial charge in [0, 0.05) is 11.1 Å². The molecule has 2 aliphatic rings. The number of fused-ring (bicyclic) bond motifs is 1. The van der Waals surface area contributed by atoms with E-state index in [-0.39, 0.29) is 0 Å². The molecular formula is C31H40O. The molecule has 4 atom stereocenters. The minimum absolute atomic E-state index is 0.751. The first kappa shape index (κ1) is 23.0. The monoisotopic (exact) mass is 428 g/mol. The van der Waals surface area contributed by atoms with Gasteiger partial charge in [0.05, 0.1) is 7.11 Å². The minimum Gasteiger partial charge on any atom is -0.497 e. The summed E-state index contributed by atoms with van der Waals surface area (Å²) in [7, 11) is 1.69. The van der Waals surface area contributed by atoms with Gasteiger partial charge in [0.25, 0.3) is 0 Å². The Bertz CT molecular complexity index is 883. The molecule has 2 saturated carbocycles. The van der Waals surface area contributed by atoms with Crippen LogP contribution in [0.5, 0.6) is 5.75 Å². The van der Waals surface area contributed by atoms with Gasteiger partial charge in [-0.05, 0) is 97.7 Å². The maximum Gasteiger partial charge on any atom is 0.118 e. The van der Waals surface area contributed by atoms with Crippen LogP contribution in [0, 0.1) is 29.6 Å². The van der Waals surface area contributed by atoms with Gasteiger partial charge in [-0.3, -0.25) is 0 Å². The third kappa shape index (κ3) is 6.19. The Kier molecular flexibility index (Phi) is 8.33. The van der Waals surface area contributed by atoms with Crippen molar-refractivity contribution in [2.45, 2.75) is 83.5 Å². The van der Waals surface area contributed by atoms with Gasteiger partial charge in [0.2, 0.25) is 0 Å². The lowest BCUT2D eigenvalue weighted by Gasteiger charge is -2.42. The zero-order valence-electron chi connectivity index (χ0n) is 20.1. The molecule has 0 saturated heterocycles. The highest BCUT2D eigenvalue weighted by Gasteiger charge is 2.35. The molecule has 2 fully saturated rings. The molecule has 4 unspecified atom stereocenters. The van der Waals surface area contributed by atoms with E-state index >= 15 is 0 Å². The van der Waals surface area contributed by atoms with Gasteiger partial charge in [-0.25, -0.2) is 0 Å². The van der Waals surface area contributed by atoms with E-state index in [0.29, 0.717) is 0 Å². The fraction of sp³-hybridized carbons (Fsp3) is 0.548. The number of benzene rings is 2. The van der Waals surface area contributed by atoms with E-state index in [2.05, 4.69) is 43.0 Å². The second kappa shape index (κ2) is 11.6. The van der Waals surface area contributed by atoms with Crippen LogP contribution < -0.4 is 4.74 Å². The van der Waals surface area contributed by atoms with Crippen LogP contribution in [-0.4, -0.2) is 7.11 Å². The van der Waals surface area contributed by atoms with Crippen LogP contribution >= 0.6 is 0 Å². The first-order valence-electron chi connectivity index (χ1n) is 13.0. The van der Waals surface area contributed by atoms with Crippen LogP contribution in [0.15, 0.2) is 48.5 Å². The summed E-state index contributed by atoms with van der Waals surface area (Å²) in [6.07, 6.45) is 15.9. The van der Waals surface area contributed by atoms with Crippen molar-refractivity contribution < 1.29 is 4.74 Å². The van der Waals surface area contributed by atoms with Gasteiger partial charge in [0.15, 0.2) is 0 Å². The van der Waals surface area contributed by atoms with Crippen LogP contribution in [0.3, 0.4) is 0 Å². The molecule has 32 heavy (non-hydrogen) atoms. The number of hydrogen-bond donors (Lipinski definition) is 0. The topological polar surface area (TPSA) is 9.23 Å². The molecule has 0 spiro atoms. The SMILES string of the molecule is CCCCCCC1CCC2CC(c3ccc(C#Cc4ccc(OC)cc4)cc3)CCC2C1. The molecule has 170 valence electrons. The molecule has 1 nitrogen and oxygen atoms in total. The van der Waals surface area contributed by atoms with Crippen LogP contribution in [-0.2, 0) is 0 Å². The maximum atomic E-state index is 5.22. The van der Waals surface area contributed by atoms with Gasteiger partial charge in [0.1, 0.15) is 5.75 Å². The Labute approximate surface area is 196 Å². The minimum atomic E-state index is 0.751. The Balaban J connectivity index is 1.28. The van der Waals surface area contributed by atoms with Crippen LogP contribution in [0.2, 0.25) is 0 Å². The highest BCUT2D eigenvalue weighted by molar-refractivity contribution is 5.45. The summed E-state index contributed by atoms with van der Waals surface area (Å²) in [5.41, 5.74) is 3.65. The lowest BCUT2D eigenvalue weighted by Crippen LogP contribution is -2.30. The molecule has 0 heterocycles. The summed E-state index contributed by atoms with van der Waals surface area (Å²) in [4.78, 5) is 0. The predicted octanol–water partition coefficient (Wildman–Crippen LogP) is 8.37. The number of unbranched alkanes of at least 4 members (excludes halogenated alkanes) is 3. The van der Waals surface area contributed by atoms with Crippen molar-refractivity contribution in [3.05, 3.63) is 65.2 Å². The van der Waals surface area contributed by atoms with Crippen LogP contribution in [0.25, 0.3) is 0 Å². The number of methoxy groups -OCH3 is 1. The smallest absolute Gasteiger partial charge is 0.118 e. The molecule has 1 heteroatoms. The first-order valence-corrected chi connectivity index (χ1v) is 13.0. The molecule has 0 amide bonds. The zero-order chi connectivity index (χ0) is 22.2.